The Morgan fingerprint density at radius 2 is 1.92 bits per heavy atom. The minimum absolute atomic E-state index is 0.115. The minimum Gasteiger partial charge on any atom is -0.462 e. The van der Waals surface area contributed by atoms with Crippen molar-refractivity contribution in [3.8, 4) is 5.75 Å². The maximum Gasteiger partial charge on any atom is 0.460 e. The monoisotopic (exact) mass is 574 g/mol. The number of nitrogens with zero attached hydrogens (tertiary/aromatic N) is 2. The predicted octanol–water partition coefficient (Wildman–Crippen LogP) is 2.86. The number of aromatic nitrogens is 2. The average Bonchev–Trinajstić information content (AvgIpc) is 3.05. The van der Waals surface area contributed by atoms with Crippen molar-refractivity contribution in [2.45, 2.75) is 83.4 Å². The van der Waals surface area contributed by atoms with Gasteiger partial charge in [0.15, 0.2) is 23.5 Å². The minimum atomic E-state index is -4.47. The largest absolute Gasteiger partial charge is 0.462 e. The van der Waals surface area contributed by atoms with Crippen LogP contribution in [0.25, 0.3) is 0 Å². The van der Waals surface area contributed by atoms with Gasteiger partial charge in [-0.05, 0) is 53.7 Å². The number of aliphatic hydroxyl groups excluding tert-OH is 1. The molecule has 12 nitrogen and oxygen atoms in total. The fourth-order valence-electron chi connectivity index (χ4n) is 3.97. The Labute approximate surface area is 224 Å². The highest BCUT2D eigenvalue weighted by molar-refractivity contribution is 7.52. The molecule has 1 saturated heterocycles. The van der Waals surface area contributed by atoms with E-state index in [2.05, 4.69) is 10.1 Å². The smallest absolute Gasteiger partial charge is 0.460 e. The quantitative estimate of drug-likeness (QED) is 0.282. The summed E-state index contributed by atoms with van der Waals surface area (Å²) in [5.41, 5.74) is -0.256. The molecule has 1 aromatic carbocycles. The number of nitrogens with two attached hydrogens (primary N) is 1. The number of alkyl halides is 1. The first-order valence-electron chi connectivity index (χ1n) is 12.1. The van der Waals surface area contributed by atoms with E-state index in [1.54, 1.807) is 32.0 Å². The molecule has 4 N–H and O–H groups in total. The van der Waals surface area contributed by atoms with E-state index in [1.165, 1.54) is 32.9 Å². The van der Waals surface area contributed by atoms with Crippen molar-refractivity contribution < 1.29 is 41.8 Å². The van der Waals surface area contributed by atoms with E-state index in [0.717, 1.165) is 6.92 Å². The first-order chi connectivity index (χ1) is 18.0. The van der Waals surface area contributed by atoms with Gasteiger partial charge in [-0.1, -0.05) is 18.2 Å². The number of ether oxygens (including phenoxy) is 2. The van der Waals surface area contributed by atoms with Gasteiger partial charge in [0.1, 0.15) is 29.6 Å². The van der Waals surface area contributed by atoms with Crippen LogP contribution >= 0.6 is 7.75 Å². The number of benzene rings is 1. The first-order valence-corrected chi connectivity index (χ1v) is 13.6. The zero-order valence-electron chi connectivity index (χ0n) is 22.3. The van der Waals surface area contributed by atoms with Crippen LogP contribution in [0, 0.1) is 5.82 Å². The number of hydrogen-bond donors (Lipinski definition) is 3. The van der Waals surface area contributed by atoms with Gasteiger partial charge in [-0.25, -0.2) is 18.1 Å². The number of carbonyl (C=O) groups excluding carboxylic acids is 1. The summed E-state index contributed by atoms with van der Waals surface area (Å²) >= 11 is 0. The van der Waals surface area contributed by atoms with Gasteiger partial charge in [-0.15, -0.1) is 0 Å². The maximum absolute atomic E-state index is 15.8. The number of esters is 1. The van der Waals surface area contributed by atoms with E-state index >= 15 is 4.39 Å². The molecule has 2 unspecified atom stereocenters. The van der Waals surface area contributed by atoms with E-state index < -0.39 is 72.9 Å². The number of hydrogen-bond acceptors (Lipinski definition) is 10. The molecule has 0 radical (unpaired) electrons. The molecular weight excluding hydrogens is 541 g/mol. The lowest BCUT2D eigenvalue weighted by Crippen LogP contribution is -2.50. The standard InChI is InChI=1S/C24H33F2N4O8P/c1-13(2)35-20(32)14(3)29-39(34,37-15-10-8-7-9-11-15)38-23(4,5)18-17(31)24(6,26)21(36-18)30-12-16(25)19(27)28-22(30)33/h7-14,17-18,21,31H,1-6H3,(H,29,34)(H2,27,28,33)/t14-,17?,18-,21+,24+,39?/m0/s1. The van der Waals surface area contributed by atoms with Gasteiger partial charge in [-0.3, -0.25) is 13.9 Å². The number of nitrogen functional groups attached to an aromatic ring is 1. The van der Waals surface area contributed by atoms with Crippen molar-refractivity contribution >= 4 is 19.5 Å². The Bertz CT molecular complexity index is 1290. The molecule has 0 spiro atoms. The number of carbonyl (C=O) groups is 1. The number of aliphatic hydroxyl groups is 1. The van der Waals surface area contributed by atoms with E-state index in [9.17, 15) is 23.7 Å². The average molecular weight is 575 g/mol. The highest BCUT2D eigenvalue weighted by Crippen LogP contribution is 2.53. The number of halogens is 2. The van der Waals surface area contributed by atoms with E-state index in [1.807, 2.05) is 0 Å². The predicted molar refractivity (Wildman–Crippen MR) is 136 cm³/mol. The van der Waals surface area contributed by atoms with Crippen LogP contribution in [0.2, 0.25) is 0 Å². The molecule has 0 aliphatic carbocycles. The van der Waals surface area contributed by atoms with Crippen molar-refractivity contribution in [3.05, 3.63) is 52.8 Å². The lowest BCUT2D eigenvalue weighted by Gasteiger charge is -2.36. The Morgan fingerprint density at radius 3 is 2.51 bits per heavy atom. The van der Waals surface area contributed by atoms with Crippen LogP contribution in [-0.4, -0.2) is 56.3 Å². The third-order valence-electron chi connectivity index (χ3n) is 5.88. The molecule has 6 atom stereocenters. The second kappa shape index (κ2) is 11.3. The van der Waals surface area contributed by atoms with E-state index in [4.69, 9.17) is 24.3 Å². The Hall–Kier alpha value is -2.90. The van der Waals surface area contributed by atoms with Crippen LogP contribution in [-0.2, 0) is 23.4 Å². The molecule has 1 aliphatic heterocycles. The third-order valence-corrected chi connectivity index (χ3v) is 7.74. The molecule has 2 aromatic rings. The summed E-state index contributed by atoms with van der Waals surface area (Å²) in [7, 11) is -4.47. The lowest BCUT2D eigenvalue weighted by molar-refractivity contribution is -0.149. The zero-order valence-corrected chi connectivity index (χ0v) is 23.2. The molecule has 0 amide bonds. The fraction of sp³-hybridized carbons (Fsp3) is 0.542. The summed E-state index contributed by atoms with van der Waals surface area (Å²) < 4.78 is 66.7. The molecule has 216 valence electrons. The van der Waals surface area contributed by atoms with E-state index in [-0.39, 0.29) is 5.75 Å². The van der Waals surface area contributed by atoms with Crippen molar-refractivity contribution in [2.24, 2.45) is 0 Å². The van der Waals surface area contributed by atoms with Gasteiger partial charge < -0.3 is 24.8 Å². The summed E-state index contributed by atoms with van der Waals surface area (Å²) in [6.07, 6.45) is -5.22. The topological polar surface area (TPSA) is 164 Å². The number of anilines is 1. The van der Waals surface area contributed by atoms with Gasteiger partial charge in [0.05, 0.1) is 12.3 Å². The fourth-order valence-corrected chi connectivity index (χ4v) is 5.82. The summed E-state index contributed by atoms with van der Waals surface area (Å²) in [6, 6.07) is 6.73. The zero-order chi connectivity index (χ0) is 29.3. The molecular formula is C24H33F2N4O8P. The van der Waals surface area contributed by atoms with E-state index in [0.29, 0.717) is 10.8 Å². The lowest BCUT2D eigenvalue weighted by atomic mass is 9.90. The molecule has 39 heavy (non-hydrogen) atoms. The van der Waals surface area contributed by atoms with Crippen LogP contribution < -0.4 is 21.0 Å². The number of rotatable bonds is 10. The van der Waals surface area contributed by atoms with Crippen LogP contribution in [0.1, 0.15) is 47.8 Å². The Balaban J connectivity index is 1.94. The van der Waals surface area contributed by atoms with Gasteiger partial charge in [0, 0.05) is 0 Å². The summed E-state index contributed by atoms with van der Waals surface area (Å²) in [4.78, 5) is 28.1. The SMILES string of the molecule is CC(C)OC(=O)[C@H](C)NP(=O)(Oc1ccccc1)OC(C)(C)[C@H]1O[C@@H](n2cc(F)c(N)nc2=O)[C@](C)(F)C1O. The third kappa shape index (κ3) is 6.82. The van der Waals surface area contributed by atoms with Crippen molar-refractivity contribution in [1.82, 2.24) is 14.6 Å². The summed E-state index contributed by atoms with van der Waals surface area (Å²) in [5, 5.41) is 13.4. The summed E-state index contributed by atoms with van der Waals surface area (Å²) in [6.45, 7) is 8.28. The van der Waals surface area contributed by atoms with Gasteiger partial charge in [0.2, 0.25) is 0 Å². The molecule has 0 saturated carbocycles. The first kappa shape index (κ1) is 30.6. The van der Waals surface area contributed by atoms with Crippen molar-refractivity contribution in [3.63, 3.8) is 0 Å². The Morgan fingerprint density at radius 1 is 1.31 bits per heavy atom. The summed E-state index contributed by atoms with van der Waals surface area (Å²) in [5.74, 6) is -2.42. The second-order valence-corrected chi connectivity index (χ2v) is 11.7. The second-order valence-electron chi connectivity index (χ2n) is 10.1. The van der Waals surface area contributed by atoms with Crippen LogP contribution in [0.3, 0.4) is 0 Å². The van der Waals surface area contributed by atoms with Gasteiger partial charge in [-0.2, -0.15) is 10.1 Å². The van der Waals surface area contributed by atoms with Gasteiger partial charge in [0.25, 0.3) is 0 Å². The van der Waals surface area contributed by atoms with Crippen molar-refractivity contribution in [2.75, 3.05) is 5.73 Å². The molecule has 3 rings (SSSR count). The Kier molecular flexibility index (Phi) is 8.88. The highest BCUT2D eigenvalue weighted by atomic mass is 31.2. The normalized spacial score (nSPS) is 25.7. The molecule has 1 aromatic heterocycles. The number of para-hydroxylation sites is 1. The van der Waals surface area contributed by atoms with Crippen molar-refractivity contribution in [1.29, 1.82) is 0 Å². The van der Waals surface area contributed by atoms with Crippen LogP contribution in [0.5, 0.6) is 5.75 Å². The number of nitrogens with one attached hydrogen (secondary N) is 1. The molecule has 2 heterocycles. The van der Waals surface area contributed by atoms with Crippen LogP contribution in [0.4, 0.5) is 14.6 Å². The van der Waals surface area contributed by atoms with Gasteiger partial charge >= 0.3 is 19.4 Å². The molecule has 1 fully saturated rings. The van der Waals surface area contributed by atoms with Crippen LogP contribution in [0.15, 0.2) is 41.3 Å². The molecule has 0 bridgehead atoms. The molecule has 1 aliphatic rings. The highest BCUT2D eigenvalue weighted by Gasteiger charge is 2.61. The maximum atomic E-state index is 15.8. The molecule has 15 heteroatoms.